The molecule has 53 heavy (non-hydrogen) atoms. The number of hydrogen-bond acceptors (Lipinski definition) is 9. The molecule has 2 heterocycles. The average Bonchev–Trinajstić information content (AvgIpc) is 3.20. The smallest absolute Gasteiger partial charge is 0.335 e. The van der Waals surface area contributed by atoms with Crippen molar-refractivity contribution in [2.75, 3.05) is 39.4 Å². The van der Waals surface area contributed by atoms with Crippen LogP contribution in [0.3, 0.4) is 0 Å². The molecule has 1 amide bonds. The van der Waals surface area contributed by atoms with E-state index in [-0.39, 0.29) is 35.2 Å². The Kier molecular flexibility index (Phi) is 16.4. The molecule has 280 valence electrons. The summed E-state index contributed by atoms with van der Waals surface area (Å²) in [4.78, 5) is 48.3. The van der Waals surface area contributed by atoms with Crippen LogP contribution in [0.25, 0.3) is 0 Å². The van der Waals surface area contributed by atoms with Gasteiger partial charge in [0.05, 0.1) is 30.6 Å². The van der Waals surface area contributed by atoms with E-state index in [0.717, 1.165) is 31.7 Å². The number of carboxylic acid groups (broad SMARTS) is 1. The van der Waals surface area contributed by atoms with Crippen molar-refractivity contribution in [1.82, 2.24) is 10.2 Å². The first-order valence-electron chi connectivity index (χ1n) is 18.0. The minimum atomic E-state index is -0.960. The molecule has 0 atom stereocenters. The Morgan fingerprint density at radius 1 is 0.604 bits per heavy atom. The molecule has 11 heteroatoms. The Balaban J connectivity index is 0.000000197. The molecule has 0 aliphatic carbocycles. The van der Waals surface area contributed by atoms with Crippen LogP contribution in [0.1, 0.15) is 60.2 Å². The molecule has 0 aromatic heterocycles. The highest BCUT2D eigenvalue weighted by molar-refractivity contribution is 5.94. The summed E-state index contributed by atoms with van der Waals surface area (Å²) in [7, 11) is 0. The lowest BCUT2D eigenvalue weighted by Crippen LogP contribution is -2.40. The van der Waals surface area contributed by atoms with E-state index in [1.165, 1.54) is 12.1 Å². The molecule has 0 spiro atoms. The molecule has 2 fully saturated rings. The highest BCUT2D eigenvalue weighted by Crippen LogP contribution is 2.25. The van der Waals surface area contributed by atoms with Crippen LogP contribution in [-0.2, 0) is 19.1 Å². The van der Waals surface area contributed by atoms with Crippen LogP contribution in [-0.4, -0.2) is 73.2 Å². The average molecular weight is 725 g/mol. The van der Waals surface area contributed by atoms with E-state index in [4.69, 9.17) is 24.1 Å². The van der Waals surface area contributed by atoms with Crippen LogP contribution in [0, 0.1) is 11.8 Å². The molecule has 0 unspecified atom stereocenters. The third-order valence-electron chi connectivity index (χ3n) is 8.48. The van der Waals surface area contributed by atoms with Crippen LogP contribution in [0.5, 0.6) is 23.0 Å². The molecular weight excluding hydrogens is 676 g/mol. The molecule has 0 radical (unpaired) electrons. The van der Waals surface area contributed by atoms with Crippen molar-refractivity contribution < 1.29 is 43.2 Å². The number of aromatic carboxylic acids is 1. The molecule has 0 bridgehead atoms. The van der Waals surface area contributed by atoms with Gasteiger partial charge in [0.2, 0.25) is 0 Å². The number of nitrogens with one attached hydrogen (secondary N) is 1. The summed E-state index contributed by atoms with van der Waals surface area (Å²) in [6.07, 6.45) is 3.15. The number of amides is 1. The first-order chi connectivity index (χ1) is 25.8. The maximum atomic E-state index is 12.8. The highest BCUT2D eigenvalue weighted by atomic mass is 16.5. The summed E-state index contributed by atoms with van der Waals surface area (Å²) in [5.74, 6) is 1.44. The number of nitrogens with zero attached hydrogens (tertiary/aromatic N) is 1. The SMILES string of the molecule is CCOC(=O)C1CCN(C(=O)c2cccc(Oc3ccccc3)c2)CC1.CCOC(=O)C1CCNCC1.O=C(O)c1cccc(Oc2ccccc2)c1. The zero-order valence-electron chi connectivity index (χ0n) is 30.3. The number of piperidine rings is 2. The Labute approximate surface area is 310 Å². The number of carbonyl (C=O) groups excluding carboxylic acids is 3. The van der Waals surface area contributed by atoms with Crippen molar-refractivity contribution in [3.8, 4) is 23.0 Å². The molecule has 4 aromatic rings. The van der Waals surface area contributed by atoms with E-state index < -0.39 is 5.97 Å². The number of para-hydroxylation sites is 2. The number of hydrogen-bond donors (Lipinski definition) is 2. The van der Waals surface area contributed by atoms with Crippen molar-refractivity contribution in [1.29, 1.82) is 0 Å². The summed E-state index contributed by atoms with van der Waals surface area (Å²) in [5, 5.41) is 12.0. The lowest BCUT2D eigenvalue weighted by Gasteiger charge is -2.31. The van der Waals surface area contributed by atoms with Gasteiger partial charge < -0.3 is 34.3 Å². The van der Waals surface area contributed by atoms with Gasteiger partial charge in [-0.15, -0.1) is 0 Å². The van der Waals surface area contributed by atoms with Crippen molar-refractivity contribution >= 4 is 23.8 Å². The van der Waals surface area contributed by atoms with Gasteiger partial charge in [-0.1, -0.05) is 48.5 Å². The predicted octanol–water partition coefficient (Wildman–Crippen LogP) is 7.62. The maximum absolute atomic E-state index is 12.8. The summed E-state index contributed by atoms with van der Waals surface area (Å²) in [6, 6.07) is 32.3. The maximum Gasteiger partial charge on any atom is 0.335 e. The van der Waals surface area contributed by atoms with E-state index in [0.29, 0.717) is 62.0 Å². The van der Waals surface area contributed by atoms with Crippen molar-refractivity contribution in [2.45, 2.75) is 39.5 Å². The first kappa shape index (κ1) is 40.1. The first-order valence-corrected chi connectivity index (χ1v) is 18.0. The van der Waals surface area contributed by atoms with Crippen LogP contribution < -0.4 is 14.8 Å². The van der Waals surface area contributed by atoms with Gasteiger partial charge in [-0.05, 0) is 113 Å². The number of carboxylic acids is 1. The third kappa shape index (κ3) is 13.4. The standard InChI is InChI=1S/C21H23NO4.C13H10O3.C8H15NO2/c1-2-25-21(24)16-11-13-22(14-12-16)20(23)17-7-6-10-19(15-17)26-18-8-4-3-5-9-18;14-13(15)10-5-4-8-12(9-10)16-11-6-2-1-3-7-11;1-2-11-8(10)7-3-5-9-6-4-7/h3-10,15-16H,2,11-14H2,1H3;1-9H,(H,14,15);7,9H,2-6H2,1H3. The van der Waals surface area contributed by atoms with Gasteiger partial charge in [-0.2, -0.15) is 0 Å². The minimum absolute atomic E-state index is 0.0194. The Morgan fingerprint density at radius 3 is 1.51 bits per heavy atom. The lowest BCUT2D eigenvalue weighted by atomic mass is 9.96. The molecule has 4 aromatic carbocycles. The second kappa shape index (κ2) is 21.6. The van der Waals surface area contributed by atoms with Gasteiger partial charge in [0.25, 0.3) is 5.91 Å². The highest BCUT2D eigenvalue weighted by Gasteiger charge is 2.29. The molecular formula is C42H48N2O9. The molecule has 11 nitrogen and oxygen atoms in total. The van der Waals surface area contributed by atoms with E-state index in [1.807, 2.05) is 79.7 Å². The van der Waals surface area contributed by atoms with Gasteiger partial charge in [0.1, 0.15) is 23.0 Å². The van der Waals surface area contributed by atoms with Crippen LogP contribution >= 0.6 is 0 Å². The molecule has 6 rings (SSSR count). The van der Waals surface area contributed by atoms with Gasteiger partial charge in [-0.3, -0.25) is 14.4 Å². The third-order valence-corrected chi connectivity index (χ3v) is 8.48. The second-order valence-electron chi connectivity index (χ2n) is 12.3. The van der Waals surface area contributed by atoms with Gasteiger partial charge in [-0.25, -0.2) is 4.79 Å². The molecule has 2 saturated heterocycles. The number of benzene rings is 4. The lowest BCUT2D eigenvalue weighted by molar-refractivity contribution is -0.150. The summed E-state index contributed by atoms with van der Waals surface area (Å²) in [6.45, 7) is 7.57. The number of carbonyl (C=O) groups is 4. The second-order valence-corrected chi connectivity index (χ2v) is 12.3. The van der Waals surface area contributed by atoms with Crippen molar-refractivity contribution in [3.05, 3.63) is 120 Å². The quantitative estimate of drug-likeness (QED) is 0.157. The predicted molar refractivity (Wildman–Crippen MR) is 200 cm³/mol. The number of ether oxygens (including phenoxy) is 4. The van der Waals surface area contributed by atoms with Crippen LogP contribution in [0.4, 0.5) is 0 Å². The molecule has 2 aliphatic heterocycles. The van der Waals surface area contributed by atoms with E-state index in [1.54, 1.807) is 36.1 Å². The molecule has 2 aliphatic rings. The Morgan fingerprint density at radius 2 is 1.04 bits per heavy atom. The number of rotatable bonds is 10. The normalized spacial score (nSPS) is 14.3. The van der Waals surface area contributed by atoms with Gasteiger partial charge in [0.15, 0.2) is 0 Å². The van der Waals surface area contributed by atoms with Crippen LogP contribution in [0.2, 0.25) is 0 Å². The molecule has 0 saturated carbocycles. The molecule has 2 N–H and O–H groups in total. The minimum Gasteiger partial charge on any atom is -0.478 e. The van der Waals surface area contributed by atoms with Gasteiger partial charge >= 0.3 is 17.9 Å². The van der Waals surface area contributed by atoms with E-state index >= 15 is 0 Å². The zero-order chi connectivity index (χ0) is 37.8. The summed E-state index contributed by atoms with van der Waals surface area (Å²) < 4.78 is 21.3. The van der Waals surface area contributed by atoms with Gasteiger partial charge in [0, 0.05) is 18.7 Å². The largest absolute Gasteiger partial charge is 0.478 e. The zero-order valence-corrected chi connectivity index (χ0v) is 30.3. The summed E-state index contributed by atoms with van der Waals surface area (Å²) >= 11 is 0. The van der Waals surface area contributed by atoms with E-state index in [9.17, 15) is 19.2 Å². The number of esters is 2. The van der Waals surface area contributed by atoms with Crippen LogP contribution in [0.15, 0.2) is 109 Å². The van der Waals surface area contributed by atoms with Crippen molar-refractivity contribution in [3.63, 3.8) is 0 Å². The Hall–Kier alpha value is -5.68. The van der Waals surface area contributed by atoms with E-state index in [2.05, 4.69) is 5.32 Å². The van der Waals surface area contributed by atoms with Crippen molar-refractivity contribution in [2.24, 2.45) is 11.8 Å². The number of likely N-dealkylation sites (tertiary alicyclic amines) is 1. The fourth-order valence-electron chi connectivity index (χ4n) is 5.71. The monoisotopic (exact) mass is 724 g/mol. The topological polar surface area (TPSA) is 141 Å². The Bertz CT molecular complexity index is 1740. The fraction of sp³-hybridized carbons (Fsp3) is 0.333. The fourth-order valence-corrected chi connectivity index (χ4v) is 5.71. The summed E-state index contributed by atoms with van der Waals surface area (Å²) in [5.41, 5.74) is 0.807.